The zero-order valence-electron chi connectivity index (χ0n) is 10.2. The molecule has 4 heteroatoms. The van der Waals surface area contributed by atoms with Gasteiger partial charge in [-0.15, -0.1) is 0 Å². The van der Waals surface area contributed by atoms with Gasteiger partial charge in [-0.1, -0.05) is 0 Å². The fourth-order valence-electron chi connectivity index (χ4n) is 2.07. The highest BCUT2D eigenvalue weighted by molar-refractivity contribution is 5.53. The molecule has 0 unspecified atom stereocenters. The number of aliphatic imine (C=N–C) groups is 1. The van der Waals surface area contributed by atoms with E-state index in [9.17, 15) is 4.79 Å². The summed E-state index contributed by atoms with van der Waals surface area (Å²) in [6.45, 7) is 1.96. The van der Waals surface area contributed by atoms with Crippen LogP contribution < -0.4 is 9.47 Å². The van der Waals surface area contributed by atoms with Crippen LogP contribution in [-0.4, -0.2) is 20.3 Å². The summed E-state index contributed by atoms with van der Waals surface area (Å²) < 4.78 is 10.6. The summed E-state index contributed by atoms with van der Waals surface area (Å²) in [5, 5.41) is 0. The predicted octanol–water partition coefficient (Wildman–Crippen LogP) is 2.34. The number of carbonyl (C=O) groups excluding carboxylic acids is 1. The van der Waals surface area contributed by atoms with Gasteiger partial charge in [-0.25, -0.2) is 4.79 Å². The first-order chi connectivity index (χ1) is 8.16. The summed E-state index contributed by atoms with van der Waals surface area (Å²) in [5.74, 6) is 1.49. The Balaban J connectivity index is 2.54. The Labute approximate surface area is 100 Å². The molecule has 1 aromatic carbocycles. The Morgan fingerprint density at radius 2 is 1.88 bits per heavy atom. The minimum Gasteiger partial charge on any atom is -0.496 e. The van der Waals surface area contributed by atoms with Crippen LogP contribution in [0.1, 0.15) is 24.0 Å². The average molecular weight is 233 g/mol. The lowest BCUT2D eigenvalue weighted by Gasteiger charge is -2.16. The molecule has 0 N–H and O–H groups in total. The SMILES string of the molecule is COc1cc(OC)c(C2(N=C=O)CC2)cc1C. The second-order valence-electron chi connectivity index (χ2n) is 4.26. The molecular weight excluding hydrogens is 218 g/mol. The summed E-state index contributed by atoms with van der Waals surface area (Å²) in [4.78, 5) is 14.4. The highest BCUT2D eigenvalue weighted by Crippen LogP contribution is 2.53. The van der Waals surface area contributed by atoms with Crippen LogP contribution in [0, 0.1) is 6.92 Å². The van der Waals surface area contributed by atoms with E-state index in [1.807, 2.05) is 19.1 Å². The number of nitrogens with zero attached hydrogens (tertiary/aromatic N) is 1. The largest absolute Gasteiger partial charge is 0.496 e. The van der Waals surface area contributed by atoms with Gasteiger partial charge in [0.2, 0.25) is 6.08 Å². The lowest BCUT2D eigenvalue weighted by molar-refractivity contribution is 0.386. The number of methoxy groups -OCH3 is 2. The van der Waals surface area contributed by atoms with E-state index in [2.05, 4.69) is 4.99 Å². The van der Waals surface area contributed by atoms with Crippen LogP contribution in [0.2, 0.25) is 0 Å². The van der Waals surface area contributed by atoms with Gasteiger partial charge in [0.25, 0.3) is 0 Å². The Kier molecular flexibility index (Phi) is 2.90. The molecule has 1 saturated carbocycles. The van der Waals surface area contributed by atoms with E-state index < -0.39 is 5.54 Å². The van der Waals surface area contributed by atoms with Gasteiger partial charge >= 0.3 is 0 Å². The van der Waals surface area contributed by atoms with Gasteiger partial charge in [-0.2, -0.15) is 4.99 Å². The summed E-state index contributed by atoms with van der Waals surface area (Å²) in [6.07, 6.45) is 3.39. The van der Waals surface area contributed by atoms with E-state index in [0.717, 1.165) is 29.7 Å². The van der Waals surface area contributed by atoms with E-state index in [0.29, 0.717) is 5.75 Å². The normalized spacial score (nSPS) is 15.9. The summed E-state index contributed by atoms with van der Waals surface area (Å²) in [7, 11) is 3.23. The van der Waals surface area contributed by atoms with Crippen molar-refractivity contribution < 1.29 is 14.3 Å². The smallest absolute Gasteiger partial charge is 0.235 e. The van der Waals surface area contributed by atoms with Gasteiger partial charge in [-0.05, 0) is 31.4 Å². The maximum absolute atomic E-state index is 10.5. The molecule has 0 amide bonds. The number of aryl methyl sites for hydroxylation is 1. The molecule has 0 radical (unpaired) electrons. The zero-order chi connectivity index (χ0) is 12.5. The maximum Gasteiger partial charge on any atom is 0.235 e. The van der Waals surface area contributed by atoms with Crippen LogP contribution >= 0.6 is 0 Å². The van der Waals surface area contributed by atoms with Crippen molar-refractivity contribution in [2.24, 2.45) is 4.99 Å². The summed E-state index contributed by atoms with van der Waals surface area (Å²) in [6, 6.07) is 3.82. The molecule has 17 heavy (non-hydrogen) atoms. The molecule has 0 heterocycles. The average Bonchev–Trinajstić information content (AvgIpc) is 3.10. The van der Waals surface area contributed by atoms with Crippen molar-refractivity contribution in [2.75, 3.05) is 14.2 Å². The van der Waals surface area contributed by atoms with Crippen molar-refractivity contribution in [3.8, 4) is 11.5 Å². The second kappa shape index (κ2) is 4.22. The van der Waals surface area contributed by atoms with Crippen molar-refractivity contribution in [1.82, 2.24) is 0 Å². The van der Waals surface area contributed by atoms with E-state index in [1.165, 1.54) is 0 Å². The first kappa shape index (κ1) is 11.7. The fourth-order valence-corrected chi connectivity index (χ4v) is 2.07. The molecule has 0 bridgehead atoms. The van der Waals surface area contributed by atoms with E-state index in [-0.39, 0.29) is 0 Å². The molecule has 0 atom stereocenters. The summed E-state index contributed by atoms with van der Waals surface area (Å²) in [5.41, 5.74) is 1.54. The van der Waals surface area contributed by atoms with Crippen molar-refractivity contribution in [1.29, 1.82) is 0 Å². The molecule has 0 spiro atoms. The van der Waals surface area contributed by atoms with E-state index in [4.69, 9.17) is 9.47 Å². The molecule has 1 aromatic rings. The third-order valence-corrected chi connectivity index (χ3v) is 3.20. The number of benzene rings is 1. The third kappa shape index (κ3) is 1.92. The number of isocyanates is 1. The maximum atomic E-state index is 10.5. The predicted molar refractivity (Wildman–Crippen MR) is 63.3 cm³/mol. The van der Waals surface area contributed by atoms with Crippen LogP contribution in [0.4, 0.5) is 0 Å². The topological polar surface area (TPSA) is 47.9 Å². The molecular formula is C13H15NO3. The Morgan fingerprint density at radius 3 is 2.35 bits per heavy atom. The number of rotatable bonds is 4. The summed E-state index contributed by atoms with van der Waals surface area (Å²) >= 11 is 0. The monoisotopic (exact) mass is 233 g/mol. The molecule has 0 aliphatic heterocycles. The van der Waals surface area contributed by atoms with Gasteiger partial charge in [0.1, 0.15) is 17.0 Å². The minimum atomic E-state index is -0.413. The molecule has 0 aromatic heterocycles. The van der Waals surface area contributed by atoms with Gasteiger partial charge in [0.05, 0.1) is 14.2 Å². The third-order valence-electron chi connectivity index (χ3n) is 3.20. The van der Waals surface area contributed by atoms with Crippen molar-refractivity contribution in [3.63, 3.8) is 0 Å². The second-order valence-corrected chi connectivity index (χ2v) is 4.26. The van der Waals surface area contributed by atoms with E-state index in [1.54, 1.807) is 20.3 Å². The lowest BCUT2D eigenvalue weighted by atomic mass is 10.0. The molecule has 0 saturated heterocycles. The van der Waals surface area contributed by atoms with Gasteiger partial charge < -0.3 is 9.47 Å². The highest BCUT2D eigenvalue weighted by atomic mass is 16.5. The van der Waals surface area contributed by atoms with Gasteiger partial charge in [-0.3, -0.25) is 0 Å². The van der Waals surface area contributed by atoms with Crippen LogP contribution in [0.25, 0.3) is 0 Å². The highest BCUT2D eigenvalue weighted by Gasteiger charge is 2.47. The van der Waals surface area contributed by atoms with Crippen LogP contribution in [0.5, 0.6) is 11.5 Å². The van der Waals surface area contributed by atoms with Crippen molar-refractivity contribution >= 4 is 6.08 Å². The molecule has 2 rings (SSSR count). The Hall–Kier alpha value is -1.80. The Morgan fingerprint density at radius 1 is 1.24 bits per heavy atom. The molecule has 90 valence electrons. The number of hydrogen-bond acceptors (Lipinski definition) is 4. The Bertz CT molecular complexity index is 486. The molecule has 1 aliphatic carbocycles. The van der Waals surface area contributed by atoms with Crippen LogP contribution in [-0.2, 0) is 10.3 Å². The molecule has 1 fully saturated rings. The van der Waals surface area contributed by atoms with Gasteiger partial charge in [0.15, 0.2) is 0 Å². The molecule has 4 nitrogen and oxygen atoms in total. The first-order valence-electron chi connectivity index (χ1n) is 5.49. The fraction of sp³-hybridized carbons (Fsp3) is 0.462. The number of ether oxygens (including phenoxy) is 2. The quantitative estimate of drug-likeness (QED) is 0.592. The number of hydrogen-bond donors (Lipinski definition) is 0. The van der Waals surface area contributed by atoms with Crippen molar-refractivity contribution in [2.45, 2.75) is 25.3 Å². The lowest BCUT2D eigenvalue weighted by Crippen LogP contribution is -2.06. The standard InChI is InChI=1S/C13H15NO3/c1-9-6-10(13(4-5-13)14-8-15)12(17-3)7-11(9)16-2/h6-7H,4-5H2,1-3H3. The van der Waals surface area contributed by atoms with Crippen molar-refractivity contribution in [3.05, 3.63) is 23.3 Å². The first-order valence-corrected chi connectivity index (χ1v) is 5.49. The molecule has 1 aliphatic rings. The van der Waals surface area contributed by atoms with Crippen LogP contribution in [0.3, 0.4) is 0 Å². The van der Waals surface area contributed by atoms with Crippen LogP contribution in [0.15, 0.2) is 17.1 Å². The minimum absolute atomic E-state index is 0.413. The zero-order valence-corrected chi connectivity index (χ0v) is 10.2. The van der Waals surface area contributed by atoms with Gasteiger partial charge in [0, 0.05) is 11.6 Å². The van der Waals surface area contributed by atoms with E-state index >= 15 is 0 Å².